The first kappa shape index (κ1) is 23.9. The summed E-state index contributed by atoms with van der Waals surface area (Å²) in [7, 11) is 0. The zero-order valence-corrected chi connectivity index (χ0v) is 18.1. The molecule has 0 aliphatic rings. The summed E-state index contributed by atoms with van der Waals surface area (Å²) < 4.78 is 44.3. The molecule has 3 aromatic rings. The predicted octanol–water partition coefficient (Wildman–Crippen LogP) is 5.42. The molecule has 0 saturated heterocycles. The maximum atomic E-state index is 13.1. The molecule has 12 heteroatoms. The minimum Gasteiger partial charge on any atom is -0.456 e. The van der Waals surface area contributed by atoms with Crippen LogP contribution in [0, 0.1) is 17.0 Å². The van der Waals surface area contributed by atoms with Gasteiger partial charge in [0.15, 0.2) is 5.13 Å². The zero-order valence-electron chi connectivity index (χ0n) is 17.3. The Morgan fingerprint density at radius 1 is 1.21 bits per heavy atom. The van der Waals surface area contributed by atoms with Crippen molar-refractivity contribution in [3.63, 3.8) is 0 Å². The molecule has 0 unspecified atom stereocenters. The van der Waals surface area contributed by atoms with E-state index in [1.54, 1.807) is 0 Å². The minimum absolute atomic E-state index is 0.0116. The third kappa shape index (κ3) is 5.34. The maximum Gasteiger partial charge on any atom is 0.416 e. The van der Waals surface area contributed by atoms with Gasteiger partial charge >= 0.3 is 12.1 Å². The Hall–Kier alpha value is -3.80. The molecule has 0 fully saturated rings. The molecule has 1 aromatic heterocycles. The summed E-state index contributed by atoms with van der Waals surface area (Å²) >= 11 is 0.983. The Kier molecular flexibility index (Phi) is 6.77. The molecule has 1 amide bonds. The molecule has 8 nitrogen and oxygen atoms in total. The molecule has 172 valence electrons. The Labute approximate surface area is 189 Å². The number of nitrogens with zero attached hydrogens (tertiary/aromatic N) is 3. The highest BCUT2D eigenvalue weighted by molar-refractivity contribution is 7.14. The second kappa shape index (κ2) is 9.36. The van der Waals surface area contributed by atoms with Crippen LogP contribution in [-0.2, 0) is 22.3 Å². The second-order valence-corrected chi connectivity index (χ2v) is 7.64. The SMILES string of the molecule is CC(=O)N(c1cccc(C(F)(F)F)c1)c1nc(COC(=O)c2cccc([N+](=O)[O-])c2C)cs1. The zero-order chi connectivity index (χ0) is 24.3. The molecule has 33 heavy (non-hydrogen) atoms. The number of halogens is 3. The van der Waals surface area contributed by atoms with Gasteiger partial charge in [0.25, 0.3) is 5.69 Å². The highest BCUT2D eigenvalue weighted by atomic mass is 32.1. The highest BCUT2D eigenvalue weighted by Gasteiger charge is 2.31. The van der Waals surface area contributed by atoms with E-state index in [9.17, 15) is 32.9 Å². The van der Waals surface area contributed by atoms with Gasteiger partial charge in [0.05, 0.1) is 27.4 Å². The largest absolute Gasteiger partial charge is 0.456 e. The Balaban J connectivity index is 1.79. The fraction of sp³-hybridized carbons (Fsp3) is 0.190. The number of benzene rings is 2. The first-order chi connectivity index (χ1) is 15.5. The van der Waals surface area contributed by atoms with Crippen LogP contribution in [-0.4, -0.2) is 21.8 Å². The number of ether oxygens (including phenoxy) is 1. The molecule has 0 radical (unpaired) electrons. The van der Waals surface area contributed by atoms with Gasteiger partial charge < -0.3 is 4.74 Å². The number of anilines is 2. The molecule has 1 heterocycles. The second-order valence-electron chi connectivity index (χ2n) is 6.81. The molecule has 0 bridgehead atoms. The number of carbonyl (C=O) groups is 2. The third-order valence-electron chi connectivity index (χ3n) is 4.55. The standard InChI is InChI=1S/C21H16F3N3O5S/c1-12-17(7-4-8-18(12)27(30)31)19(29)32-10-15-11-33-20(25-15)26(13(2)28)16-6-3-5-14(9-16)21(22,23)24/h3-9,11H,10H2,1-2H3. The fourth-order valence-corrected chi connectivity index (χ4v) is 3.84. The predicted molar refractivity (Wildman–Crippen MR) is 113 cm³/mol. The monoisotopic (exact) mass is 479 g/mol. The number of carbonyl (C=O) groups excluding carboxylic acids is 2. The molecule has 0 spiro atoms. The maximum absolute atomic E-state index is 13.1. The lowest BCUT2D eigenvalue weighted by Crippen LogP contribution is -2.23. The minimum atomic E-state index is -4.58. The van der Waals surface area contributed by atoms with Crippen molar-refractivity contribution in [3.8, 4) is 0 Å². The average Bonchev–Trinajstić information content (AvgIpc) is 3.19. The van der Waals surface area contributed by atoms with Crippen molar-refractivity contribution >= 4 is 39.7 Å². The van der Waals surface area contributed by atoms with Crippen molar-refractivity contribution in [1.82, 2.24) is 4.98 Å². The number of aromatic nitrogens is 1. The summed E-state index contributed by atoms with van der Waals surface area (Å²) in [4.78, 5) is 40.2. The van der Waals surface area contributed by atoms with Crippen molar-refractivity contribution in [1.29, 1.82) is 0 Å². The van der Waals surface area contributed by atoms with Crippen molar-refractivity contribution < 1.29 is 32.4 Å². The number of hydrogen-bond acceptors (Lipinski definition) is 7. The van der Waals surface area contributed by atoms with Crippen molar-refractivity contribution in [2.75, 3.05) is 4.90 Å². The van der Waals surface area contributed by atoms with Gasteiger partial charge in [0.1, 0.15) is 6.61 Å². The third-order valence-corrected chi connectivity index (χ3v) is 5.43. The molecule has 0 saturated carbocycles. The molecule has 0 aliphatic carbocycles. The summed E-state index contributed by atoms with van der Waals surface area (Å²) in [5.74, 6) is -1.36. The number of esters is 1. The molecule has 0 aliphatic heterocycles. The van der Waals surface area contributed by atoms with Crippen molar-refractivity contribution in [2.45, 2.75) is 26.6 Å². The van der Waals surface area contributed by atoms with Gasteiger partial charge in [-0.3, -0.25) is 19.8 Å². The van der Waals surface area contributed by atoms with E-state index < -0.39 is 28.5 Å². The molecular weight excluding hydrogens is 463 g/mol. The molecular formula is C21H16F3N3O5S. The lowest BCUT2D eigenvalue weighted by atomic mass is 10.1. The van der Waals surface area contributed by atoms with E-state index in [0.717, 1.165) is 28.4 Å². The first-order valence-electron chi connectivity index (χ1n) is 9.32. The van der Waals surface area contributed by atoms with Crippen molar-refractivity contribution in [3.05, 3.63) is 80.3 Å². The molecule has 0 atom stereocenters. The summed E-state index contributed by atoms with van der Waals surface area (Å²) in [6, 6.07) is 8.29. The van der Waals surface area contributed by atoms with Gasteiger partial charge in [-0.1, -0.05) is 12.1 Å². The quantitative estimate of drug-likeness (QED) is 0.266. The van der Waals surface area contributed by atoms with E-state index in [2.05, 4.69) is 4.98 Å². The lowest BCUT2D eigenvalue weighted by Gasteiger charge is -2.19. The number of nitro groups is 1. The number of amides is 1. The van der Waals surface area contributed by atoms with E-state index in [0.29, 0.717) is 0 Å². The number of rotatable bonds is 6. The molecule has 3 rings (SSSR count). The first-order valence-corrected chi connectivity index (χ1v) is 10.2. The van der Waals surface area contributed by atoms with Gasteiger partial charge in [-0.05, 0) is 31.2 Å². The van der Waals surface area contributed by atoms with Crippen LogP contribution in [0.25, 0.3) is 0 Å². The van der Waals surface area contributed by atoms with E-state index in [-0.39, 0.29) is 39.9 Å². The van der Waals surface area contributed by atoms with Gasteiger partial charge in [-0.25, -0.2) is 9.78 Å². The van der Waals surface area contributed by atoms with E-state index >= 15 is 0 Å². The van der Waals surface area contributed by atoms with Gasteiger partial charge in [0, 0.05) is 23.9 Å². The van der Waals surface area contributed by atoms with Gasteiger partial charge in [-0.15, -0.1) is 11.3 Å². The average molecular weight is 479 g/mol. The Morgan fingerprint density at radius 3 is 2.55 bits per heavy atom. The van der Waals surface area contributed by atoms with Crippen LogP contribution in [0.4, 0.5) is 29.7 Å². The number of alkyl halides is 3. The van der Waals surface area contributed by atoms with Crippen LogP contribution in [0.5, 0.6) is 0 Å². The summed E-state index contributed by atoms with van der Waals surface area (Å²) in [6.45, 7) is 2.31. The van der Waals surface area contributed by atoms with Gasteiger partial charge in [-0.2, -0.15) is 13.2 Å². The highest BCUT2D eigenvalue weighted by Crippen LogP contribution is 2.35. The number of hydrogen-bond donors (Lipinski definition) is 0. The number of nitro benzene ring substituents is 1. The van der Waals surface area contributed by atoms with E-state index in [1.807, 2.05) is 0 Å². The summed E-state index contributed by atoms with van der Waals surface area (Å²) in [5, 5.41) is 12.6. The summed E-state index contributed by atoms with van der Waals surface area (Å²) in [5.41, 5.74) is -0.720. The van der Waals surface area contributed by atoms with Crippen LogP contribution in [0.1, 0.15) is 34.1 Å². The van der Waals surface area contributed by atoms with Crippen LogP contribution >= 0.6 is 11.3 Å². The van der Waals surface area contributed by atoms with E-state index in [1.165, 1.54) is 49.6 Å². The fourth-order valence-electron chi connectivity index (χ4n) is 2.97. The van der Waals surface area contributed by atoms with Crippen LogP contribution in [0.2, 0.25) is 0 Å². The Morgan fingerprint density at radius 2 is 1.91 bits per heavy atom. The van der Waals surface area contributed by atoms with Crippen LogP contribution in [0.3, 0.4) is 0 Å². The lowest BCUT2D eigenvalue weighted by molar-refractivity contribution is -0.385. The van der Waals surface area contributed by atoms with Crippen LogP contribution in [0.15, 0.2) is 47.8 Å². The van der Waals surface area contributed by atoms with Gasteiger partial charge in [0.2, 0.25) is 5.91 Å². The van der Waals surface area contributed by atoms with Crippen molar-refractivity contribution in [2.24, 2.45) is 0 Å². The number of thiazole rings is 1. The smallest absolute Gasteiger partial charge is 0.416 e. The molecule has 2 aromatic carbocycles. The van der Waals surface area contributed by atoms with Crippen LogP contribution < -0.4 is 4.90 Å². The topological polar surface area (TPSA) is 103 Å². The normalized spacial score (nSPS) is 11.2. The van der Waals surface area contributed by atoms with E-state index in [4.69, 9.17) is 4.74 Å². The molecule has 0 N–H and O–H groups in total. The summed E-state index contributed by atoms with van der Waals surface area (Å²) in [6.07, 6.45) is -4.58. The Bertz CT molecular complexity index is 1230.